The molecule has 1 nitrogen and oxygen atoms in total. The number of aliphatic hydroxyl groups is 1. The molecule has 0 radical (unpaired) electrons. The molecular formula is C11H16OS. The first kappa shape index (κ1) is 10.6. The molecule has 0 unspecified atom stereocenters. The molecule has 13 heavy (non-hydrogen) atoms. The number of rotatable bonds is 3. The van der Waals surface area contributed by atoms with Gasteiger partial charge < -0.3 is 5.11 Å². The van der Waals surface area contributed by atoms with Crippen LogP contribution in [-0.2, 0) is 5.60 Å². The third-order valence-corrected chi connectivity index (χ3v) is 3.67. The second kappa shape index (κ2) is 4.16. The van der Waals surface area contributed by atoms with Gasteiger partial charge in [0.1, 0.15) is 0 Å². The molecular weight excluding hydrogens is 180 g/mol. The third-order valence-electron chi connectivity index (χ3n) is 2.50. The minimum atomic E-state index is -0.735. The first-order valence-electron chi connectivity index (χ1n) is 4.39. The molecule has 0 fully saturated rings. The van der Waals surface area contributed by atoms with Crippen molar-refractivity contribution in [3.8, 4) is 0 Å². The minimum Gasteiger partial charge on any atom is -0.384 e. The van der Waals surface area contributed by atoms with Gasteiger partial charge in [0, 0.05) is 5.25 Å². The fraction of sp³-hybridized carbons (Fsp3) is 0.455. The Morgan fingerprint density at radius 1 is 1.31 bits per heavy atom. The van der Waals surface area contributed by atoms with Crippen molar-refractivity contribution in [2.24, 2.45) is 0 Å². The molecule has 1 rings (SSSR count). The Hall–Kier alpha value is -0.470. The summed E-state index contributed by atoms with van der Waals surface area (Å²) in [6.45, 7) is 3.90. The van der Waals surface area contributed by atoms with E-state index in [4.69, 9.17) is 0 Å². The van der Waals surface area contributed by atoms with E-state index in [1.165, 1.54) is 0 Å². The lowest BCUT2D eigenvalue weighted by molar-refractivity contribution is 0.0593. The maximum atomic E-state index is 10.2. The van der Waals surface area contributed by atoms with E-state index in [1.54, 1.807) is 11.8 Å². The van der Waals surface area contributed by atoms with Crippen LogP contribution in [0.5, 0.6) is 0 Å². The molecule has 0 aliphatic rings. The molecule has 2 atom stereocenters. The van der Waals surface area contributed by atoms with E-state index in [2.05, 4.69) is 0 Å². The van der Waals surface area contributed by atoms with E-state index >= 15 is 0 Å². The summed E-state index contributed by atoms with van der Waals surface area (Å²) in [6, 6.07) is 9.80. The van der Waals surface area contributed by atoms with Crippen molar-refractivity contribution in [3.05, 3.63) is 35.9 Å². The Morgan fingerprint density at radius 3 is 2.31 bits per heavy atom. The Labute approximate surface area is 84.2 Å². The van der Waals surface area contributed by atoms with E-state index in [1.807, 2.05) is 50.4 Å². The van der Waals surface area contributed by atoms with Crippen LogP contribution in [0.2, 0.25) is 0 Å². The summed E-state index contributed by atoms with van der Waals surface area (Å²) < 4.78 is 0. The molecule has 0 bridgehead atoms. The van der Waals surface area contributed by atoms with Gasteiger partial charge in [-0.05, 0) is 18.7 Å². The van der Waals surface area contributed by atoms with Crippen LogP contribution < -0.4 is 0 Å². The van der Waals surface area contributed by atoms with Crippen LogP contribution >= 0.6 is 11.8 Å². The molecule has 0 heterocycles. The zero-order valence-corrected chi connectivity index (χ0v) is 9.14. The lowest BCUT2D eigenvalue weighted by Gasteiger charge is -2.29. The summed E-state index contributed by atoms with van der Waals surface area (Å²) >= 11 is 1.68. The maximum absolute atomic E-state index is 10.2. The second-order valence-corrected chi connectivity index (χ2v) is 4.57. The highest BCUT2D eigenvalue weighted by Crippen LogP contribution is 2.30. The van der Waals surface area contributed by atoms with Gasteiger partial charge in [-0.15, -0.1) is 0 Å². The molecule has 2 heteroatoms. The van der Waals surface area contributed by atoms with E-state index in [-0.39, 0.29) is 5.25 Å². The average molecular weight is 196 g/mol. The predicted molar refractivity (Wildman–Crippen MR) is 59.0 cm³/mol. The number of thioether (sulfide) groups is 1. The summed E-state index contributed by atoms with van der Waals surface area (Å²) in [7, 11) is 0. The van der Waals surface area contributed by atoms with Crippen LogP contribution in [0.3, 0.4) is 0 Å². The predicted octanol–water partition coefficient (Wildman–Crippen LogP) is 2.65. The van der Waals surface area contributed by atoms with Gasteiger partial charge in [0.05, 0.1) is 5.60 Å². The van der Waals surface area contributed by atoms with Gasteiger partial charge in [-0.3, -0.25) is 0 Å². The Bertz CT molecular complexity index is 256. The van der Waals surface area contributed by atoms with Crippen LogP contribution in [0.1, 0.15) is 19.4 Å². The Balaban J connectivity index is 2.93. The highest BCUT2D eigenvalue weighted by molar-refractivity contribution is 7.99. The summed E-state index contributed by atoms with van der Waals surface area (Å²) in [5.41, 5.74) is 0.248. The molecule has 0 spiro atoms. The van der Waals surface area contributed by atoms with E-state index in [9.17, 15) is 5.11 Å². The smallest absolute Gasteiger partial charge is 0.0983 e. The van der Waals surface area contributed by atoms with Crippen LogP contribution in [0.4, 0.5) is 0 Å². The van der Waals surface area contributed by atoms with Gasteiger partial charge in [0.2, 0.25) is 0 Å². The van der Waals surface area contributed by atoms with Crippen molar-refractivity contribution >= 4 is 11.8 Å². The molecule has 1 aromatic carbocycles. The van der Waals surface area contributed by atoms with Gasteiger partial charge in [0.25, 0.3) is 0 Å². The lowest BCUT2D eigenvalue weighted by Crippen LogP contribution is -2.31. The Kier molecular flexibility index (Phi) is 3.40. The first-order valence-corrected chi connectivity index (χ1v) is 5.68. The van der Waals surface area contributed by atoms with Crippen molar-refractivity contribution < 1.29 is 5.11 Å². The molecule has 0 aliphatic heterocycles. The highest BCUT2D eigenvalue weighted by Gasteiger charge is 2.29. The summed E-state index contributed by atoms with van der Waals surface area (Å²) in [6.07, 6.45) is 2.02. The van der Waals surface area contributed by atoms with Crippen LogP contribution in [-0.4, -0.2) is 16.6 Å². The summed E-state index contributed by atoms with van der Waals surface area (Å²) in [5, 5.41) is 10.4. The minimum absolute atomic E-state index is 0.204. The Morgan fingerprint density at radius 2 is 1.85 bits per heavy atom. The fourth-order valence-electron chi connectivity index (χ4n) is 1.24. The molecule has 0 saturated heterocycles. The third kappa shape index (κ3) is 2.26. The molecule has 1 N–H and O–H groups in total. The van der Waals surface area contributed by atoms with E-state index in [0.717, 1.165) is 5.56 Å². The SMILES string of the molecule is CS[C@H](C)[C@](C)(O)c1ccccc1. The van der Waals surface area contributed by atoms with Gasteiger partial charge >= 0.3 is 0 Å². The topological polar surface area (TPSA) is 20.2 Å². The number of benzene rings is 1. The van der Waals surface area contributed by atoms with E-state index in [0.29, 0.717) is 0 Å². The standard InChI is InChI=1S/C11H16OS/c1-9(13-3)11(2,12)10-7-5-4-6-8-10/h4-9,12H,1-3H3/t9-,11+/m1/s1. The van der Waals surface area contributed by atoms with Gasteiger partial charge in [-0.25, -0.2) is 0 Å². The van der Waals surface area contributed by atoms with Crippen molar-refractivity contribution in [2.75, 3.05) is 6.26 Å². The van der Waals surface area contributed by atoms with Crippen LogP contribution in [0.25, 0.3) is 0 Å². The first-order chi connectivity index (χ1) is 6.09. The highest BCUT2D eigenvalue weighted by atomic mass is 32.2. The monoisotopic (exact) mass is 196 g/mol. The molecule has 0 aromatic heterocycles. The lowest BCUT2D eigenvalue weighted by atomic mass is 9.93. The molecule has 0 amide bonds. The van der Waals surface area contributed by atoms with Crippen molar-refractivity contribution in [1.29, 1.82) is 0 Å². The maximum Gasteiger partial charge on any atom is 0.0983 e. The average Bonchev–Trinajstić information content (AvgIpc) is 2.18. The van der Waals surface area contributed by atoms with Crippen LogP contribution in [0.15, 0.2) is 30.3 Å². The number of hydrogen-bond acceptors (Lipinski definition) is 2. The van der Waals surface area contributed by atoms with Gasteiger partial charge in [0.15, 0.2) is 0 Å². The van der Waals surface area contributed by atoms with E-state index < -0.39 is 5.60 Å². The number of hydrogen-bond donors (Lipinski definition) is 1. The second-order valence-electron chi connectivity index (χ2n) is 3.39. The molecule has 0 saturated carbocycles. The zero-order chi connectivity index (χ0) is 9.90. The molecule has 1 aromatic rings. The van der Waals surface area contributed by atoms with Gasteiger partial charge in [-0.2, -0.15) is 11.8 Å². The fourth-order valence-corrected chi connectivity index (χ4v) is 1.83. The van der Waals surface area contributed by atoms with Crippen molar-refractivity contribution in [3.63, 3.8) is 0 Å². The zero-order valence-electron chi connectivity index (χ0n) is 8.32. The van der Waals surface area contributed by atoms with Crippen molar-refractivity contribution in [2.45, 2.75) is 24.7 Å². The van der Waals surface area contributed by atoms with Crippen molar-refractivity contribution in [1.82, 2.24) is 0 Å². The largest absolute Gasteiger partial charge is 0.384 e. The summed E-state index contributed by atoms with van der Waals surface area (Å²) in [5.74, 6) is 0. The molecule has 0 aliphatic carbocycles. The van der Waals surface area contributed by atoms with Gasteiger partial charge in [-0.1, -0.05) is 37.3 Å². The summed E-state index contributed by atoms with van der Waals surface area (Å²) in [4.78, 5) is 0. The normalized spacial score (nSPS) is 17.8. The molecule has 72 valence electrons. The quantitative estimate of drug-likeness (QED) is 0.802. The van der Waals surface area contributed by atoms with Crippen LogP contribution in [0, 0.1) is 0 Å².